The summed E-state index contributed by atoms with van der Waals surface area (Å²) in [7, 11) is 0. The standard InChI is InChI=1S/C14H24N4O/c1-10(2)19-14-7-13(16-9-17-14)18-12(8-15)11-5-3-4-6-11/h7,9-12H,3-6,8,15H2,1-2H3,(H,16,17,18). The second kappa shape index (κ2) is 6.70. The molecule has 0 aromatic carbocycles. The average Bonchev–Trinajstić information content (AvgIpc) is 2.89. The lowest BCUT2D eigenvalue weighted by molar-refractivity contribution is 0.232. The van der Waals surface area contributed by atoms with Crippen LogP contribution < -0.4 is 15.8 Å². The van der Waals surface area contributed by atoms with Crippen molar-refractivity contribution in [1.29, 1.82) is 0 Å². The minimum absolute atomic E-state index is 0.114. The number of nitrogens with two attached hydrogens (primary N) is 1. The lowest BCUT2D eigenvalue weighted by Crippen LogP contribution is -2.35. The molecule has 5 heteroatoms. The Kier molecular flexibility index (Phi) is 4.96. The molecule has 5 nitrogen and oxygen atoms in total. The Balaban J connectivity index is 2.00. The summed E-state index contributed by atoms with van der Waals surface area (Å²) in [6, 6.07) is 2.14. The van der Waals surface area contributed by atoms with Gasteiger partial charge < -0.3 is 15.8 Å². The molecular weight excluding hydrogens is 240 g/mol. The van der Waals surface area contributed by atoms with E-state index in [0.717, 1.165) is 5.82 Å². The molecule has 1 aliphatic carbocycles. The van der Waals surface area contributed by atoms with Gasteiger partial charge in [0, 0.05) is 18.7 Å². The lowest BCUT2D eigenvalue weighted by atomic mass is 9.98. The monoisotopic (exact) mass is 264 g/mol. The van der Waals surface area contributed by atoms with Crippen LogP contribution in [0.2, 0.25) is 0 Å². The molecule has 1 unspecified atom stereocenters. The third-order valence-corrected chi connectivity index (χ3v) is 3.55. The van der Waals surface area contributed by atoms with E-state index in [2.05, 4.69) is 15.3 Å². The molecule has 1 aromatic heterocycles. The molecule has 3 N–H and O–H groups in total. The quantitative estimate of drug-likeness (QED) is 0.824. The van der Waals surface area contributed by atoms with Gasteiger partial charge in [-0.25, -0.2) is 9.97 Å². The van der Waals surface area contributed by atoms with Gasteiger partial charge in [0.25, 0.3) is 0 Å². The maximum atomic E-state index is 5.88. The van der Waals surface area contributed by atoms with Crippen molar-refractivity contribution >= 4 is 5.82 Å². The molecule has 0 saturated heterocycles. The number of nitrogens with zero attached hydrogens (tertiary/aromatic N) is 2. The fraction of sp³-hybridized carbons (Fsp3) is 0.714. The molecule has 0 spiro atoms. The van der Waals surface area contributed by atoms with Gasteiger partial charge in [-0.05, 0) is 32.6 Å². The first-order valence-electron chi connectivity index (χ1n) is 7.14. The second-order valence-corrected chi connectivity index (χ2v) is 5.44. The van der Waals surface area contributed by atoms with E-state index in [0.29, 0.717) is 24.4 Å². The minimum atomic E-state index is 0.114. The highest BCUT2D eigenvalue weighted by Crippen LogP contribution is 2.29. The molecule has 1 saturated carbocycles. The first-order valence-corrected chi connectivity index (χ1v) is 7.14. The van der Waals surface area contributed by atoms with Crippen LogP contribution in [-0.2, 0) is 0 Å². The first kappa shape index (κ1) is 14.1. The molecule has 1 fully saturated rings. The summed E-state index contributed by atoms with van der Waals surface area (Å²) in [5, 5.41) is 3.43. The van der Waals surface area contributed by atoms with Crippen molar-refractivity contribution in [2.75, 3.05) is 11.9 Å². The van der Waals surface area contributed by atoms with E-state index in [1.165, 1.54) is 32.0 Å². The van der Waals surface area contributed by atoms with Crippen molar-refractivity contribution in [3.05, 3.63) is 12.4 Å². The van der Waals surface area contributed by atoms with Gasteiger partial charge in [-0.2, -0.15) is 0 Å². The summed E-state index contributed by atoms with van der Waals surface area (Å²) in [6.07, 6.45) is 6.79. The molecule has 0 bridgehead atoms. The fourth-order valence-electron chi connectivity index (χ4n) is 2.64. The Morgan fingerprint density at radius 3 is 2.74 bits per heavy atom. The Labute approximate surface area is 115 Å². The van der Waals surface area contributed by atoms with Gasteiger partial charge in [-0.1, -0.05) is 12.8 Å². The molecular formula is C14H24N4O. The molecule has 0 aliphatic heterocycles. The number of nitrogens with one attached hydrogen (secondary N) is 1. The smallest absolute Gasteiger partial charge is 0.218 e. The predicted octanol–water partition coefficient (Wildman–Crippen LogP) is 2.19. The van der Waals surface area contributed by atoms with Gasteiger partial charge in [-0.15, -0.1) is 0 Å². The van der Waals surface area contributed by atoms with Gasteiger partial charge in [0.05, 0.1) is 6.10 Å². The normalized spacial score (nSPS) is 17.7. The Bertz CT molecular complexity index is 391. The van der Waals surface area contributed by atoms with Crippen molar-refractivity contribution in [3.63, 3.8) is 0 Å². The number of anilines is 1. The van der Waals surface area contributed by atoms with Crippen LogP contribution in [0.4, 0.5) is 5.82 Å². The summed E-state index contributed by atoms with van der Waals surface area (Å²) < 4.78 is 5.57. The zero-order valence-electron chi connectivity index (χ0n) is 11.8. The van der Waals surface area contributed by atoms with Crippen LogP contribution in [0.1, 0.15) is 39.5 Å². The summed E-state index contributed by atoms with van der Waals surface area (Å²) in [6.45, 7) is 4.60. The molecule has 1 aromatic rings. The summed E-state index contributed by atoms with van der Waals surface area (Å²) >= 11 is 0. The summed E-state index contributed by atoms with van der Waals surface area (Å²) in [5.74, 6) is 2.07. The molecule has 1 heterocycles. The number of hydrogen-bond donors (Lipinski definition) is 2. The minimum Gasteiger partial charge on any atom is -0.475 e. The van der Waals surface area contributed by atoms with Crippen LogP contribution in [0.3, 0.4) is 0 Å². The SMILES string of the molecule is CC(C)Oc1cc(NC(CN)C2CCCC2)ncn1. The molecule has 1 aliphatic rings. The Morgan fingerprint density at radius 2 is 2.11 bits per heavy atom. The van der Waals surface area contributed by atoms with E-state index in [4.69, 9.17) is 10.5 Å². The molecule has 106 valence electrons. The second-order valence-electron chi connectivity index (χ2n) is 5.44. The highest BCUT2D eigenvalue weighted by molar-refractivity contribution is 5.38. The van der Waals surface area contributed by atoms with Crippen molar-refractivity contribution < 1.29 is 4.74 Å². The molecule has 19 heavy (non-hydrogen) atoms. The Morgan fingerprint density at radius 1 is 1.37 bits per heavy atom. The molecule has 1 atom stereocenters. The van der Waals surface area contributed by atoms with E-state index in [1.54, 1.807) is 0 Å². The fourth-order valence-corrected chi connectivity index (χ4v) is 2.64. The maximum absolute atomic E-state index is 5.88. The van der Waals surface area contributed by atoms with Gasteiger partial charge in [0.1, 0.15) is 12.1 Å². The van der Waals surface area contributed by atoms with E-state index < -0.39 is 0 Å². The molecule has 0 radical (unpaired) electrons. The zero-order chi connectivity index (χ0) is 13.7. The number of ether oxygens (including phenoxy) is 1. The first-order chi connectivity index (χ1) is 9.19. The van der Waals surface area contributed by atoms with Crippen LogP contribution >= 0.6 is 0 Å². The third-order valence-electron chi connectivity index (χ3n) is 3.55. The van der Waals surface area contributed by atoms with Crippen LogP contribution in [0.25, 0.3) is 0 Å². The van der Waals surface area contributed by atoms with Crippen molar-refractivity contribution in [3.8, 4) is 5.88 Å². The summed E-state index contributed by atoms with van der Waals surface area (Å²) in [4.78, 5) is 8.35. The third kappa shape index (κ3) is 4.06. The van der Waals surface area contributed by atoms with E-state index in [-0.39, 0.29) is 6.10 Å². The average molecular weight is 264 g/mol. The molecule has 2 rings (SSSR count). The van der Waals surface area contributed by atoms with Crippen LogP contribution in [0, 0.1) is 5.92 Å². The van der Waals surface area contributed by atoms with Gasteiger partial charge in [0.2, 0.25) is 5.88 Å². The van der Waals surface area contributed by atoms with Gasteiger partial charge in [-0.3, -0.25) is 0 Å². The summed E-state index contributed by atoms with van der Waals surface area (Å²) in [5.41, 5.74) is 5.88. The highest BCUT2D eigenvalue weighted by atomic mass is 16.5. The van der Waals surface area contributed by atoms with E-state index in [9.17, 15) is 0 Å². The largest absolute Gasteiger partial charge is 0.475 e. The number of aromatic nitrogens is 2. The van der Waals surface area contributed by atoms with E-state index in [1.807, 2.05) is 19.9 Å². The van der Waals surface area contributed by atoms with Crippen LogP contribution in [-0.4, -0.2) is 28.7 Å². The van der Waals surface area contributed by atoms with Gasteiger partial charge >= 0.3 is 0 Å². The predicted molar refractivity (Wildman–Crippen MR) is 76.2 cm³/mol. The zero-order valence-corrected chi connectivity index (χ0v) is 11.8. The number of rotatable bonds is 6. The molecule has 0 amide bonds. The van der Waals surface area contributed by atoms with Crippen molar-refractivity contribution in [2.24, 2.45) is 11.7 Å². The highest BCUT2D eigenvalue weighted by Gasteiger charge is 2.24. The van der Waals surface area contributed by atoms with Gasteiger partial charge in [0.15, 0.2) is 0 Å². The van der Waals surface area contributed by atoms with E-state index >= 15 is 0 Å². The Hall–Kier alpha value is -1.36. The van der Waals surface area contributed by atoms with Crippen LogP contribution in [0.15, 0.2) is 12.4 Å². The lowest BCUT2D eigenvalue weighted by Gasteiger charge is -2.23. The topological polar surface area (TPSA) is 73.1 Å². The van der Waals surface area contributed by atoms with Crippen LogP contribution in [0.5, 0.6) is 5.88 Å². The van der Waals surface area contributed by atoms with Crippen molar-refractivity contribution in [2.45, 2.75) is 51.7 Å². The van der Waals surface area contributed by atoms with Crippen molar-refractivity contribution in [1.82, 2.24) is 9.97 Å². The number of hydrogen-bond acceptors (Lipinski definition) is 5. The maximum Gasteiger partial charge on any atom is 0.218 e.